The number of halogens is 2. The number of alkyl halides is 1. The molecule has 1 aliphatic rings. The maximum absolute atomic E-state index is 6.31. The van der Waals surface area contributed by atoms with Crippen LogP contribution in [-0.4, -0.2) is 20.6 Å². The first-order valence-electron chi connectivity index (χ1n) is 6.56. The van der Waals surface area contributed by atoms with Crippen LogP contribution >= 0.6 is 46.0 Å². The molecule has 1 fully saturated rings. The van der Waals surface area contributed by atoms with E-state index in [0.29, 0.717) is 5.25 Å². The molecule has 1 aromatic carbocycles. The van der Waals surface area contributed by atoms with Gasteiger partial charge in [-0.15, -0.1) is 11.6 Å². The lowest BCUT2D eigenvalue weighted by Gasteiger charge is -2.14. The lowest BCUT2D eigenvalue weighted by molar-refractivity contribution is 0.623. The Morgan fingerprint density at radius 3 is 3.11 bits per heavy atom. The number of fused-ring (bicyclic) bond motifs is 1. The maximum Gasteiger partial charge on any atom is 0.127 e. The molecule has 0 saturated carbocycles. The molecule has 2 aromatic rings. The quantitative estimate of drug-likeness (QED) is 0.536. The minimum atomic E-state index is -0.0449. The van der Waals surface area contributed by atoms with Crippen molar-refractivity contribution in [2.24, 2.45) is 0 Å². The molecule has 2 atom stereocenters. The summed E-state index contributed by atoms with van der Waals surface area (Å²) in [6, 6.07) is 6.45. The minimum Gasteiger partial charge on any atom is -0.326 e. The summed E-state index contributed by atoms with van der Waals surface area (Å²) < 4.78 is 3.55. The van der Waals surface area contributed by atoms with Crippen LogP contribution in [0.15, 0.2) is 18.2 Å². The first-order chi connectivity index (χ1) is 9.15. The molecule has 1 aromatic heterocycles. The summed E-state index contributed by atoms with van der Waals surface area (Å²) in [5.41, 5.74) is 2.29. The summed E-state index contributed by atoms with van der Waals surface area (Å²) in [6.45, 7) is 3.04. The average molecular weight is 407 g/mol. The van der Waals surface area contributed by atoms with E-state index in [0.717, 1.165) is 17.9 Å². The summed E-state index contributed by atoms with van der Waals surface area (Å²) >= 11 is 10.7. The van der Waals surface area contributed by atoms with Crippen molar-refractivity contribution in [1.82, 2.24) is 9.55 Å². The third-order valence-corrected chi connectivity index (χ3v) is 5.75. The van der Waals surface area contributed by atoms with E-state index in [-0.39, 0.29) is 5.38 Å². The largest absolute Gasteiger partial charge is 0.326 e. The van der Waals surface area contributed by atoms with Crippen LogP contribution in [0.3, 0.4) is 0 Å². The van der Waals surface area contributed by atoms with Crippen LogP contribution in [0.4, 0.5) is 0 Å². The zero-order valence-electron chi connectivity index (χ0n) is 10.8. The summed E-state index contributed by atoms with van der Waals surface area (Å²) in [5, 5.41) is 0.669. The molecule has 3 rings (SSSR count). The van der Waals surface area contributed by atoms with Gasteiger partial charge in [0, 0.05) is 15.4 Å². The van der Waals surface area contributed by atoms with Crippen molar-refractivity contribution < 1.29 is 0 Å². The maximum atomic E-state index is 6.31. The molecule has 1 saturated heterocycles. The fraction of sp³-hybridized carbons (Fsp3) is 0.500. The summed E-state index contributed by atoms with van der Waals surface area (Å²) in [5.74, 6) is 2.30. The Kier molecular flexibility index (Phi) is 4.29. The van der Waals surface area contributed by atoms with Gasteiger partial charge in [0.15, 0.2) is 0 Å². The van der Waals surface area contributed by atoms with Crippen molar-refractivity contribution in [3.8, 4) is 0 Å². The van der Waals surface area contributed by atoms with Crippen LogP contribution in [0.25, 0.3) is 11.0 Å². The van der Waals surface area contributed by atoms with Gasteiger partial charge in [-0.25, -0.2) is 4.98 Å². The van der Waals surface area contributed by atoms with E-state index in [2.05, 4.69) is 57.1 Å². The van der Waals surface area contributed by atoms with Crippen molar-refractivity contribution in [2.75, 3.05) is 5.75 Å². The molecule has 1 aliphatic heterocycles. The van der Waals surface area contributed by atoms with Gasteiger partial charge in [0.2, 0.25) is 0 Å². The molecule has 19 heavy (non-hydrogen) atoms. The molecular weight excluding hydrogens is 391 g/mol. The molecule has 0 bridgehead atoms. The molecule has 2 heterocycles. The monoisotopic (exact) mass is 406 g/mol. The van der Waals surface area contributed by atoms with Gasteiger partial charge in [-0.2, -0.15) is 11.8 Å². The van der Waals surface area contributed by atoms with E-state index in [1.165, 1.54) is 27.7 Å². The van der Waals surface area contributed by atoms with Gasteiger partial charge in [0.25, 0.3) is 0 Å². The number of thioether (sulfide) groups is 1. The Morgan fingerprint density at radius 2 is 2.42 bits per heavy atom. The third-order valence-electron chi connectivity index (χ3n) is 3.51. The number of nitrogens with zero attached hydrogens (tertiary/aromatic N) is 2. The number of aromatic nitrogens is 2. The van der Waals surface area contributed by atoms with Crippen LogP contribution in [0.2, 0.25) is 0 Å². The standard InChI is InChI=1S/C14H16ClIN2S/c1-9(15)14-17-12-7-10(16)4-5-13(12)18(14)8-11-3-2-6-19-11/h4-5,7,9,11H,2-3,6,8H2,1H3. The first kappa shape index (κ1) is 14.0. The van der Waals surface area contributed by atoms with Crippen LogP contribution in [0, 0.1) is 3.57 Å². The summed E-state index contributed by atoms with van der Waals surface area (Å²) in [7, 11) is 0. The molecule has 5 heteroatoms. The van der Waals surface area contributed by atoms with Crippen molar-refractivity contribution >= 4 is 57.0 Å². The second-order valence-electron chi connectivity index (χ2n) is 4.96. The number of benzene rings is 1. The Morgan fingerprint density at radius 1 is 1.58 bits per heavy atom. The molecule has 2 nitrogen and oxygen atoms in total. The van der Waals surface area contributed by atoms with Crippen LogP contribution in [0.1, 0.15) is 31.0 Å². The molecule has 0 radical (unpaired) electrons. The Bertz CT molecular complexity index is 590. The fourth-order valence-electron chi connectivity index (χ4n) is 2.61. The third kappa shape index (κ3) is 2.90. The lowest BCUT2D eigenvalue weighted by Crippen LogP contribution is -2.13. The van der Waals surface area contributed by atoms with E-state index in [1.807, 2.05) is 6.92 Å². The van der Waals surface area contributed by atoms with Gasteiger partial charge < -0.3 is 4.57 Å². The predicted octanol–water partition coefficient (Wildman–Crippen LogP) is 4.84. The van der Waals surface area contributed by atoms with Gasteiger partial charge in [-0.3, -0.25) is 0 Å². The van der Waals surface area contributed by atoms with Crippen molar-refractivity contribution in [3.63, 3.8) is 0 Å². The summed E-state index contributed by atoms with van der Waals surface area (Å²) in [6.07, 6.45) is 2.65. The molecule has 2 unspecified atom stereocenters. The highest BCUT2D eigenvalue weighted by molar-refractivity contribution is 14.1. The highest BCUT2D eigenvalue weighted by atomic mass is 127. The fourth-order valence-corrected chi connectivity index (χ4v) is 4.50. The smallest absolute Gasteiger partial charge is 0.127 e. The van der Waals surface area contributed by atoms with Gasteiger partial charge in [0.1, 0.15) is 5.82 Å². The zero-order chi connectivity index (χ0) is 13.4. The van der Waals surface area contributed by atoms with Crippen molar-refractivity contribution in [3.05, 3.63) is 27.6 Å². The van der Waals surface area contributed by atoms with Crippen molar-refractivity contribution in [2.45, 2.75) is 36.9 Å². The topological polar surface area (TPSA) is 17.8 Å². The molecule has 102 valence electrons. The van der Waals surface area contributed by atoms with Gasteiger partial charge in [0.05, 0.1) is 16.4 Å². The molecule has 0 spiro atoms. The van der Waals surface area contributed by atoms with E-state index in [4.69, 9.17) is 16.6 Å². The van der Waals surface area contributed by atoms with Gasteiger partial charge >= 0.3 is 0 Å². The van der Waals surface area contributed by atoms with Crippen LogP contribution in [0.5, 0.6) is 0 Å². The van der Waals surface area contributed by atoms with Gasteiger partial charge in [-0.1, -0.05) is 0 Å². The number of hydrogen-bond donors (Lipinski definition) is 0. The zero-order valence-corrected chi connectivity index (χ0v) is 14.5. The van der Waals surface area contributed by atoms with Gasteiger partial charge in [-0.05, 0) is 66.3 Å². The normalized spacial score (nSPS) is 21.1. The lowest BCUT2D eigenvalue weighted by atomic mass is 10.2. The Hall–Kier alpha value is 0.0600. The van der Waals surface area contributed by atoms with E-state index < -0.39 is 0 Å². The number of hydrogen-bond acceptors (Lipinski definition) is 2. The van der Waals surface area contributed by atoms with E-state index in [9.17, 15) is 0 Å². The predicted molar refractivity (Wildman–Crippen MR) is 92.2 cm³/mol. The average Bonchev–Trinajstić information content (AvgIpc) is 2.97. The number of rotatable bonds is 3. The second-order valence-corrected chi connectivity index (χ2v) is 8.27. The Balaban J connectivity index is 2.05. The second kappa shape index (κ2) is 5.82. The van der Waals surface area contributed by atoms with E-state index >= 15 is 0 Å². The molecular formula is C14H16ClIN2S. The molecule has 0 amide bonds. The highest BCUT2D eigenvalue weighted by Gasteiger charge is 2.21. The highest BCUT2D eigenvalue weighted by Crippen LogP contribution is 2.31. The molecule has 0 aliphatic carbocycles. The first-order valence-corrected chi connectivity index (χ1v) is 9.13. The summed E-state index contributed by atoms with van der Waals surface area (Å²) in [4.78, 5) is 4.73. The van der Waals surface area contributed by atoms with Crippen LogP contribution < -0.4 is 0 Å². The SMILES string of the molecule is CC(Cl)c1nc2cc(I)ccc2n1CC1CCCS1. The van der Waals surface area contributed by atoms with Crippen LogP contribution in [-0.2, 0) is 6.54 Å². The number of imidazole rings is 1. The Labute approximate surface area is 136 Å². The van der Waals surface area contributed by atoms with Crippen molar-refractivity contribution in [1.29, 1.82) is 0 Å². The minimum absolute atomic E-state index is 0.0449. The molecule has 0 N–H and O–H groups in total. The van der Waals surface area contributed by atoms with E-state index in [1.54, 1.807) is 0 Å².